The van der Waals surface area contributed by atoms with E-state index in [1.165, 1.54) is 0 Å². The molecule has 4 aromatic rings. The first-order valence-electron chi connectivity index (χ1n) is 8.03. The van der Waals surface area contributed by atoms with Crippen molar-refractivity contribution in [2.75, 3.05) is 19.5 Å². The minimum atomic E-state index is 0.565. The molecule has 7 nitrogen and oxygen atoms in total. The molecular weight excluding hydrogens is 330 g/mol. The van der Waals surface area contributed by atoms with E-state index in [1.54, 1.807) is 37.2 Å². The zero-order chi connectivity index (χ0) is 17.9. The van der Waals surface area contributed by atoms with Gasteiger partial charge in [-0.05, 0) is 29.8 Å². The molecule has 0 spiro atoms. The molecule has 0 aliphatic rings. The molecule has 1 aromatic carbocycles. The molecule has 3 heterocycles. The predicted molar refractivity (Wildman–Crippen MR) is 99.0 cm³/mol. The van der Waals surface area contributed by atoms with Gasteiger partial charge in [0.2, 0.25) is 5.88 Å². The number of fused-ring (bicyclic) bond motifs is 1. The van der Waals surface area contributed by atoms with Gasteiger partial charge in [0, 0.05) is 17.8 Å². The summed E-state index contributed by atoms with van der Waals surface area (Å²) in [6.45, 7) is 0. The first-order chi connectivity index (χ1) is 12.8. The van der Waals surface area contributed by atoms with Gasteiger partial charge in [-0.3, -0.25) is 0 Å². The van der Waals surface area contributed by atoms with Crippen LogP contribution in [0, 0.1) is 0 Å². The highest BCUT2D eigenvalue weighted by Crippen LogP contribution is 2.27. The number of nitrogens with zero attached hydrogens (tertiary/aromatic N) is 4. The maximum absolute atomic E-state index is 5.31. The van der Waals surface area contributed by atoms with Crippen LogP contribution in [0.15, 0.2) is 61.1 Å². The van der Waals surface area contributed by atoms with Gasteiger partial charge < -0.3 is 14.8 Å². The molecule has 0 bridgehead atoms. The van der Waals surface area contributed by atoms with E-state index in [-0.39, 0.29) is 0 Å². The van der Waals surface area contributed by atoms with E-state index in [9.17, 15) is 0 Å². The second-order valence-corrected chi connectivity index (χ2v) is 5.59. The number of methoxy groups -OCH3 is 2. The molecule has 26 heavy (non-hydrogen) atoms. The van der Waals surface area contributed by atoms with E-state index in [0.29, 0.717) is 11.7 Å². The fraction of sp³-hybridized carbons (Fsp3) is 0.105. The summed E-state index contributed by atoms with van der Waals surface area (Å²) in [5.41, 5.74) is 3.50. The number of aromatic nitrogens is 4. The minimum absolute atomic E-state index is 0.565. The smallest absolute Gasteiger partial charge is 0.213 e. The van der Waals surface area contributed by atoms with Crippen molar-refractivity contribution in [1.82, 2.24) is 19.6 Å². The van der Waals surface area contributed by atoms with Gasteiger partial charge in [0.15, 0.2) is 5.65 Å². The average molecular weight is 347 g/mol. The van der Waals surface area contributed by atoms with Gasteiger partial charge >= 0.3 is 0 Å². The minimum Gasteiger partial charge on any atom is -0.497 e. The van der Waals surface area contributed by atoms with Gasteiger partial charge in [-0.1, -0.05) is 12.1 Å². The van der Waals surface area contributed by atoms with Crippen molar-refractivity contribution in [3.05, 3.63) is 61.1 Å². The lowest BCUT2D eigenvalue weighted by molar-refractivity contribution is 0.398. The number of rotatable bonds is 5. The summed E-state index contributed by atoms with van der Waals surface area (Å²) in [6, 6.07) is 13.4. The SMILES string of the molecule is COc1cccc(-c2cnn3ccc(Nc4ccc(OC)nc4)nc23)c1. The van der Waals surface area contributed by atoms with E-state index in [0.717, 1.165) is 28.2 Å². The van der Waals surface area contributed by atoms with Crippen LogP contribution in [0.1, 0.15) is 0 Å². The molecule has 0 unspecified atom stereocenters. The van der Waals surface area contributed by atoms with E-state index in [2.05, 4.69) is 15.4 Å². The molecule has 4 rings (SSSR count). The zero-order valence-corrected chi connectivity index (χ0v) is 14.4. The quantitative estimate of drug-likeness (QED) is 0.595. The van der Waals surface area contributed by atoms with Crippen LogP contribution < -0.4 is 14.8 Å². The van der Waals surface area contributed by atoms with Crippen molar-refractivity contribution in [1.29, 1.82) is 0 Å². The third-order valence-corrected chi connectivity index (χ3v) is 3.97. The maximum atomic E-state index is 5.31. The zero-order valence-electron chi connectivity index (χ0n) is 14.4. The van der Waals surface area contributed by atoms with Crippen LogP contribution in [0.5, 0.6) is 11.6 Å². The second-order valence-electron chi connectivity index (χ2n) is 5.59. The van der Waals surface area contributed by atoms with Crippen molar-refractivity contribution in [2.24, 2.45) is 0 Å². The van der Waals surface area contributed by atoms with E-state index < -0.39 is 0 Å². The highest BCUT2D eigenvalue weighted by molar-refractivity contribution is 5.78. The number of nitrogens with one attached hydrogen (secondary N) is 1. The summed E-state index contributed by atoms with van der Waals surface area (Å²) < 4.78 is 12.1. The molecule has 0 saturated heterocycles. The molecular formula is C19H17N5O2. The van der Waals surface area contributed by atoms with Crippen LogP contribution in [-0.2, 0) is 0 Å². The lowest BCUT2D eigenvalue weighted by Crippen LogP contribution is -1.98. The Labute approximate surface area is 150 Å². The molecule has 0 saturated carbocycles. The number of anilines is 2. The van der Waals surface area contributed by atoms with Crippen LogP contribution in [-0.4, -0.2) is 33.8 Å². The van der Waals surface area contributed by atoms with Crippen LogP contribution in [0.4, 0.5) is 11.5 Å². The molecule has 0 aliphatic carbocycles. The number of benzene rings is 1. The third kappa shape index (κ3) is 3.02. The van der Waals surface area contributed by atoms with E-state index in [1.807, 2.05) is 42.6 Å². The molecule has 3 aromatic heterocycles. The van der Waals surface area contributed by atoms with Crippen LogP contribution >= 0.6 is 0 Å². The summed E-state index contributed by atoms with van der Waals surface area (Å²) in [5, 5.41) is 7.62. The molecule has 7 heteroatoms. The van der Waals surface area contributed by atoms with Crippen molar-refractivity contribution in [2.45, 2.75) is 0 Å². The summed E-state index contributed by atoms with van der Waals surface area (Å²) in [5.74, 6) is 2.06. The Kier molecular flexibility index (Phi) is 4.10. The number of hydrogen-bond donors (Lipinski definition) is 1. The Morgan fingerprint density at radius 2 is 1.92 bits per heavy atom. The van der Waals surface area contributed by atoms with E-state index in [4.69, 9.17) is 14.5 Å². The molecule has 0 amide bonds. The van der Waals surface area contributed by atoms with Gasteiger partial charge in [-0.15, -0.1) is 0 Å². The lowest BCUT2D eigenvalue weighted by atomic mass is 10.1. The fourth-order valence-electron chi connectivity index (χ4n) is 2.66. The van der Waals surface area contributed by atoms with Crippen LogP contribution in [0.25, 0.3) is 16.8 Å². The highest BCUT2D eigenvalue weighted by atomic mass is 16.5. The van der Waals surface area contributed by atoms with Crippen molar-refractivity contribution < 1.29 is 9.47 Å². The van der Waals surface area contributed by atoms with Gasteiger partial charge in [0.25, 0.3) is 0 Å². The standard InChI is InChI=1S/C19H17N5O2/c1-25-15-5-3-4-13(10-15)16-12-21-24-9-8-17(23-19(16)24)22-14-6-7-18(26-2)20-11-14/h3-12H,1-2H3,(H,22,23). The summed E-state index contributed by atoms with van der Waals surface area (Å²) in [7, 11) is 3.24. The Hall–Kier alpha value is -3.61. The molecule has 0 atom stereocenters. The van der Waals surface area contributed by atoms with Crippen molar-refractivity contribution in [3.8, 4) is 22.8 Å². The van der Waals surface area contributed by atoms with Gasteiger partial charge in [0.1, 0.15) is 11.6 Å². The molecule has 1 N–H and O–H groups in total. The third-order valence-electron chi connectivity index (χ3n) is 3.97. The average Bonchev–Trinajstić information content (AvgIpc) is 3.12. The maximum Gasteiger partial charge on any atom is 0.213 e. The number of ether oxygens (including phenoxy) is 2. The predicted octanol–water partition coefficient (Wildman–Crippen LogP) is 3.55. The van der Waals surface area contributed by atoms with Gasteiger partial charge in [-0.25, -0.2) is 14.5 Å². The molecule has 0 aliphatic heterocycles. The first kappa shape index (κ1) is 15.9. The van der Waals surface area contributed by atoms with Gasteiger partial charge in [-0.2, -0.15) is 5.10 Å². The fourth-order valence-corrected chi connectivity index (χ4v) is 2.66. The second kappa shape index (κ2) is 6.72. The Bertz CT molecular complexity index is 1040. The lowest BCUT2D eigenvalue weighted by Gasteiger charge is -2.07. The monoisotopic (exact) mass is 347 g/mol. The van der Waals surface area contributed by atoms with Crippen LogP contribution in [0.2, 0.25) is 0 Å². The largest absolute Gasteiger partial charge is 0.497 e. The summed E-state index contributed by atoms with van der Waals surface area (Å²) >= 11 is 0. The Morgan fingerprint density at radius 3 is 2.69 bits per heavy atom. The normalized spacial score (nSPS) is 10.7. The Balaban J connectivity index is 1.69. The molecule has 0 radical (unpaired) electrons. The first-order valence-corrected chi connectivity index (χ1v) is 8.03. The molecule has 130 valence electrons. The van der Waals surface area contributed by atoms with Crippen molar-refractivity contribution >= 4 is 17.2 Å². The Morgan fingerprint density at radius 1 is 1.00 bits per heavy atom. The van der Waals surface area contributed by atoms with Gasteiger partial charge in [0.05, 0.1) is 32.3 Å². The van der Waals surface area contributed by atoms with E-state index >= 15 is 0 Å². The number of pyridine rings is 1. The van der Waals surface area contributed by atoms with Crippen molar-refractivity contribution in [3.63, 3.8) is 0 Å². The highest BCUT2D eigenvalue weighted by Gasteiger charge is 2.10. The number of hydrogen-bond acceptors (Lipinski definition) is 6. The molecule has 0 fully saturated rings. The summed E-state index contributed by atoms with van der Waals surface area (Å²) in [4.78, 5) is 8.88. The topological polar surface area (TPSA) is 73.6 Å². The van der Waals surface area contributed by atoms with Crippen LogP contribution in [0.3, 0.4) is 0 Å². The summed E-state index contributed by atoms with van der Waals surface area (Å²) in [6.07, 6.45) is 5.37.